The monoisotopic (exact) mass is 278 g/mol. The van der Waals surface area contributed by atoms with Crippen LogP contribution in [-0.2, 0) is 0 Å². The van der Waals surface area contributed by atoms with Gasteiger partial charge in [-0.3, -0.25) is 9.80 Å². The minimum absolute atomic E-state index is 0.144. The third-order valence-electron chi connectivity index (χ3n) is 5.49. The van der Waals surface area contributed by atoms with E-state index in [2.05, 4.69) is 4.90 Å². The standard InChI is InChI=1S/C13H21F3N2O/c1-12(19,13(14,15)16)11-10-9(7-17(11)2)8-3-5-18(10)6-4-8/h8-11,19H,3-7H2,1-2H3. The first-order valence-corrected chi connectivity index (χ1v) is 6.97. The fraction of sp³-hybridized carbons (Fsp3) is 1.00. The van der Waals surface area contributed by atoms with E-state index in [4.69, 9.17) is 0 Å². The second-order valence-corrected chi connectivity index (χ2v) is 6.56. The molecule has 110 valence electrons. The highest BCUT2D eigenvalue weighted by atomic mass is 19.4. The van der Waals surface area contributed by atoms with Gasteiger partial charge in [0.25, 0.3) is 0 Å². The number of alkyl halides is 3. The molecule has 1 N–H and O–H groups in total. The molecular weight excluding hydrogens is 257 g/mol. The van der Waals surface area contributed by atoms with Crippen LogP contribution in [-0.4, -0.2) is 65.4 Å². The summed E-state index contributed by atoms with van der Waals surface area (Å²) in [7, 11) is 1.71. The minimum atomic E-state index is -4.58. The molecule has 4 saturated heterocycles. The van der Waals surface area contributed by atoms with Gasteiger partial charge in [0.05, 0.1) is 6.04 Å². The summed E-state index contributed by atoms with van der Waals surface area (Å²) in [5.74, 6) is 0.817. The minimum Gasteiger partial charge on any atom is -0.379 e. The summed E-state index contributed by atoms with van der Waals surface area (Å²) < 4.78 is 39.5. The Morgan fingerprint density at radius 1 is 1.16 bits per heavy atom. The first-order chi connectivity index (χ1) is 8.73. The first kappa shape index (κ1) is 13.6. The maximum atomic E-state index is 13.2. The Kier molecular flexibility index (Phi) is 2.93. The number of aliphatic hydroxyl groups is 1. The van der Waals surface area contributed by atoms with Gasteiger partial charge in [-0.15, -0.1) is 0 Å². The van der Waals surface area contributed by atoms with Crippen molar-refractivity contribution in [2.45, 2.75) is 43.6 Å². The summed E-state index contributed by atoms with van der Waals surface area (Å²) in [4.78, 5) is 3.89. The number of likely N-dealkylation sites (tertiary alicyclic amines) is 1. The number of likely N-dealkylation sites (N-methyl/N-ethyl adjacent to an activating group) is 1. The van der Waals surface area contributed by atoms with Crippen molar-refractivity contribution in [1.82, 2.24) is 9.80 Å². The molecule has 0 saturated carbocycles. The Hall–Kier alpha value is -0.330. The number of fused-ring (bicyclic) bond motifs is 2. The SMILES string of the molecule is CN1CC2C3CCN(CC3)C2C1C(C)(O)C(F)(F)F. The molecule has 6 heteroatoms. The summed E-state index contributed by atoms with van der Waals surface area (Å²) in [6, 6.07) is -0.991. The van der Waals surface area contributed by atoms with Gasteiger partial charge in [-0.1, -0.05) is 0 Å². The van der Waals surface area contributed by atoms with Crippen LogP contribution in [0.15, 0.2) is 0 Å². The Balaban J connectivity index is 1.94. The number of hydrogen-bond donors (Lipinski definition) is 1. The molecule has 0 radical (unpaired) electrons. The fourth-order valence-corrected chi connectivity index (χ4v) is 4.52. The average molecular weight is 278 g/mol. The maximum Gasteiger partial charge on any atom is 0.418 e. The molecule has 0 aromatic rings. The van der Waals surface area contributed by atoms with Crippen LogP contribution < -0.4 is 0 Å². The molecule has 0 aromatic heterocycles. The molecule has 4 fully saturated rings. The third kappa shape index (κ3) is 1.83. The Bertz CT molecular complexity index is 363. The second-order valence-electron chi connectivity index (χ2n) is 6.56. The van der Waals surface area contributed by atoms with Gasteiger partial charge in [0, 0.05) is 12.6 Å². The highest BCUT2D eigenvalue weighted by Crippen LogP contribution is 2.48. The van der Waals surface area contributed by atoms with Crippen LogP contribution in [0.25, 0.3) is 0 Å². The lowest BCUT2D eigenvalue weighted by Gasteiger charge is -2.51. The molecule has 0 amide bonds. The topological polar surface area (TPSA) is 26.7 Å². The quantitative estimate of drug-likeness (QED) is 0.784. The lowest BCUT2D eigenvalue weighted by Crippen LogP contribution is -2.66. The van der Waals surface area contributed by atoms with Crippen LogP contribution in [0, 0.1) is 11.8 Å². The molecule has 19 heavy (non-hydrogen) atoms. The zero-order valence-corrected chi connectivity index (χ0v) is 11.3. The van der Waals surface area contributed by atoms with Crippen LogP contribution in [0.3, 0.4) is 0 Å². The van der Waals surface area contributed by atoms with E-state index < -0.39 is 17.8 Å². The molecule has 2 bridgehead atoms. The van der Waals surface area contributed by atoms with Crippen LogP contribution in [0.4, 0.5) is 13.2 Å². The van der Waals surface area contributed by atoms with Gasteiger partial charge in [0.15, 0.2) is 5.60 Å². The van der Waals surface area contributed by atoms with Crippen LogP contribution in [0.2, 0.25) is 0 Å². The number of piperidine rings is 3. The molecule has 4 aliphatic heterocycles. The van der Waals surface area contributed by atoms with Gasteiger partial charge in [-0.2, -0.15) is 13.2 Å². The van der Waals surface area contributed by atoms with E-state index in [1.54, 1.807) is 11.9 Å². The molecule has 4 atom stereocenters. The third-order valence-corrected chi connectivity index (χ3v) is 5.49. The predicted molar refractivity (Wildman–Crippen MR) is 64.7 cm³/mol. The smallest absolute Gasteiger partial charge is 0.379 e. The maximum absolute atomic E-state index is 13.2. The van der Waals surface area contributed by atoms with Crippen molar-refractivity contribution < 1.29 is 18.3 Å². The lowest BCUT2D eigenvalue weighted by molar-refractivity contribution is -0.275. The van der Waals surface area contributed by atoms with E-state index in [0.717, 1.165) is 32.9 Å². The zero-order chi connectivity index (χ0) is 14.0. The highest BCUT2D eigenvalue weighted by Gasteiger charge is 2.64. The number of hydrogen-bond acceptors (Lipinski definition) is 3. The van der Waals surface area contributed by atoms with E-state index in [1.165, 1.54) is 0 Å². The van der Waals surface area contributed by atoms with E-state index in [-0.39, 0.29) is 12.0 Å². The number of halogens is 3. The average Bonchev–Trinajstić information content (AvgIpc) is 2.68. The van der Waals surface area contributed by atoms with Gasteiger partial charge in [0.1, 0.15) is 0 Å². The van der Waals surface area contributed by atoms with Crippen molar-refractivity contribution in [3.8, 4) is 0 Å². The van der Waals surface area contributed by atoms with E-state index in [0.29, 0.717) is 12.5 Å². The van der Waals surface area contributed by atoms with Crippen molar-refractivity contribution in [2.24, 2.45) is 11.8 Å². The van der Waals surface area contributed by atoms with Crippen LogP contribution >= 0.6 is 0 Å². The first-order valence-electron chi connectivity index (χ1n) is 6.97. The fourth-order valence-electron chi connectivity index (χ4n) is 4.52. The summed E-state index contributed by atoms with van der Waals surface area (Å²) >= 11 is 0. The van der Waals surface area contributed by atoms with Gasteiger partial charge in [-0.25, -0.2) is 0 Å². The number of nitrogens with zero attached hydrogens (tertiary/aromatic N) is 2. The van der Waals surface area contributed by atoms with Gasteiger partial charge in [0.2, 0.25) is 0 Å². The Morgan fingerprint density at radius 2 is 1.74 bits per heavy atom. The molecule has 4 aliphatic rings. The van der Waals surface area contributed by atoms with Crippen LogP contribution in [0.5, 0.6) is 0 Å². The van der Waals surface area contributed by atoms with E-state index >= 15 is 0 Å². The summed E-state index contributed by atoms with van der Waals surface area (Å²) in [5, 5.41) is 10.1. The number of rotatable bonds is 1. The molecule has 4 heterocycles. The largest absolute Gasteiger partial charge is 0.418 e. The van der Waals surface area contributed by atoms with E-state index in [9.17, 15) is 18.3 Å². The summed E-state index contributed by atoms with van der Waals surface area (Å²) in [6.07, 6.45) is -2.40. The Labute approximate surface area is 111 Å². The zero-order valence-electron chi connectivity index (χ0n) is 11.3. The van der Waals surface area contributed by atoms with Crippen molar-refractivity contribution in [3.05, 3.63) is 0 Å². The van der Waals surface area contributed by atoms with Gasteiger partial charge < -0.3 is 5.11 Å². The predicted octanol–water partition coefficient (Wildman–Crippen LogP) is 1.32. The van der Waals surface area contributed by atoms with Crippen LogP contribution in [0.1, 0.15) is 19.8 Å². The second kappa shape index (κ2) is 4.09. The van der Waals surface area contributed by atoms with Gasteiger partial charge >= 0.3 is 6.18 Å². The molecule has 0 aromatic carbocycles. The Morgan fingerprint density at radius 3 is 2.26 bits per heavy atom. The summed E-state index contributed by atoms with van der Waals surface area (Å²) in [6.45, 7) is 3.36. The lowest BCUT2D eigenvalue weighted by atomic mass is 9.71. The van der Waals surface area contributed by atoms with Crippen molar-refractivity contribution in [3.63, 3.8) is 0 Å². The normalized spacial score (nSPS) is 46.1. The van der Waals surface area contributed by atoms with Crippen molar-refractivity contribution in [2.75, 3.05) is 26.7 Å². The molecule has 0 spiro atoms. The molecule has 0 aliphatic carbocycles. The molecule has 4 unspecified atom stereocenters. The molecule has 4 rings (SSSR count). The van der Waals surface area contributed by atoms with Crippen molar-refractivity contribution >= 4 is 0 Å². The highest BCUT2D eigenvalue weighted by molar-refractivity contribution is 5.12. The molecule has 3 nitrogen and oxygen atoms in total. The molecular formula is C13H21F3N2O. The van der Waals surface area contributed by atoms with E-state index in [1.807, 2.05) is 0 Å². The van der Waals surface area contributed by atoms with Gasteiger partial charge in [-0.05, 0) is 51.7 Å². The van der Waals surface area contributed by atoms with Crippen molar-refractivity contribution in [1.29, 1.82) is 0 Å². The summed E-state index contributed by atoms with van der Waals surface area (Å²) in [5.41, 5.74) is -2.64.